The predicted molar refractivity (Wildman–Crippen MR) is 330 cm³/mol. The summed E-state index contributed by atoms with van der Waals surface area (Å²) < 4.78 is 17.0. The summed E-state index contributed by atoms with van der Waals surface area (Å²) in [6.07, 6.45) is 80.2. The summed E-state index contributed by atoms with van der Waals surface area (Å²) in [6.45, 7) is 6.69. The van der Waals surface area contributed by atoms with Gasteiger partial charge >= 0.3 is 17.9 Å². The molecule has 0 bridgehead atoms. The molecule has 6 nitrogen and oxygen atoms in total. The molecule has 0 saturated carbocycles. The van der Waals surface area contributed by atoms with E-state index in [2.05, 4.69) is 57.2 Å². The molecule has 1 atom stereocenters. The van der Waals surface area contributed by atoms with Crippen molar-refractivity contribution in [3.8, 4) is 0 Å². The average Bonchev–Trinajstić information content (AvgIpc) is 3.42. The first-order valence-corrected chi connectivity index (χ1v) is 34.0. The van der Waals surface area contributed by atoms with Gasteiger partial charge in [0.25, 0.3) is 0 Å². The molecule has 0 aromatic carbocycles. The molecular formula is C70H130O6. The van der Waals surface area contributed by atoms with E-state index < -0.39 is 6.10 Å². The fourth-order valence-corrected chi connectivity index (χ4v) is 10.2. The largest absolute Gasteiger partial charge is 0.462 e. The molecule has 0 saturated heterocycles. The van der Waals surface area contributed by atoms with Gasteiger partial charge in [-0.2, -0.15) is 0 Å². The minimum Gasteiger partial charge on any atom is -0.462 e. The Morgan fingerprint density at radius 1 is 0.250 bits per heavy atom. The minimum absolute atomic E-state index is 0.0730. The number of unbranched alkanes of at least 4 members (excludes halogenated alkanes) is 46. The molecule has 446 valence electrons. The number of carbonyl (C=O) groups is 3. The van der Waals surface area contributed by atoms with E-state index in [1.807, 2.05) is 0 Å². The molecule has 0 aromatic rings. The fourth-order valence-electron chi connectivity index (χ4n) is 10.2. The van der Waals surface area contributed by atoms with Crippen LogP contribution in [-0.4, -0.2) is 37.2 Å². The van der Waals surface area contributed by atoms with Crippen molar-refractivity contribution in [2.45, 2.75) is 380 Å². The van der Waals surface area contributed by atoms with Gasteiger partial charge in [0.15, 0.2) is 6.10 Å². The molecule has 0 amide bonds. The van der Waals surface area contributed by atoms with E-state index in [9.17, 15) is 14.4 Å². The molecule has 0 aliphatic heterocycles. The topological polar surface area (TPSA) is 78.9 Å². The molecule has 0 radical (unpaired) electrons. The third-order valence-electron chi connectivity index (χ3n) is 15.3. The Hall–Kier alpha value is -2.37. The van der Waals surface area contributed by atoms with Gasteiger partial charge in [0.2, 0.25) is 0 Å². The molecule has 0 aromatic heterocycles. The Morgan fingerprint density at radius 2 is 0.434 bits per heavy atom. The van der Waals surface area contributed by atoms with Crippen molar-refractivity contribution in [2.24, 2.45) is 0 Å². The number of hydrogen-bond acceptors (Lipinski definition) is 6. The Labute approximate surface area is 474 Å². The Bertz CT molecular complexity index is 1270. The zero-order valence-electron chi connectivity index (χ0n) is 51.3. The van der Waals surface area contributed by atoms with Crippen LogP contribution in [-0.2, 0) is 28.6 Å². The van der Waals surface area contributed by atoms with Gasteiger partial charge in [-0.3, -0.25) is 14.4 Å². The lowest BCUT2D eigenvalue weighted by molar-refractivity contribution is -0.167. The summed E-state index contributed by atoms with van der Waals surface area (Å²) in [6, 6.07) is 0. The van der Waals surface area contributed by atoms with Crippen molar-refractivity contribution in [3.63, 3.8) is 0 Å². The van der Waals surface area contributed by atoms with Crippen LogP contribution in [0.25, 0.3) is 0 Å². The molecule has 1 unspecified atom stereocenters. The highest BCUT2D eigenvalue weighted by Crippen LogP contribution is 2.17. The molecule has 0 rings (SSSR count). The molecule has 0 fully saturated rings. The van der Waals surface area contributed by atoms with Crippen molar-refractivity contribution in [1.82, 2.24) is 0 Å². The quantitative estimate of drug-likeness (QED) is 0.0261. The second kappa shape index (κ2) is 65.2. The van der Waals surface area contributed by atoms with Gasteiger partial charge in [-0.25, -0.2) is 0 Å². The maximum Gasteiger partial charge on any atom is 0.306 e. The van der Waals surface area contributed by atoms with Gasteiger partial charge in [0, 0.05) is 19.3 Å². The van der Waals surface area contributed by atoms with Gasteiger partial charge in [0.05, 0.1) is 0 Å². The van der Waals surface area contributed by atoms with Crippen molar-refractivity contribution >= 4 is 17.9 Å². The Morgan fingerprint density at radius 3 is 0.658 bits per heavy atom. The SMILES string of the molecule is CCCCCCCC/C=C\CCCCCCCCCC(=O)OC(COC(=O)CCCCCCC/C=C\CCCCCCCCC)COC(=O)CCCCCCCCCCCCCCC/C=C\CCCCCCCCCC. The van der Waals surface area contributed by atoms with Crippen molar-refractivity contribution in [2.75, 3.05) is 13.2 Å². The van der Waals surface area contributed by atoms with Crippen LogP contribution in [0.4, 0.5) is 0 Å². The van der Waals surface area contributed by atoms with E-state index in [0.717, 1.165) is 64.2 Å². The van der Waals surface area contributed by atoms with E-state index in [4.69, 9.17) is 14.2 Å². The van der Waals surface area contributed by atoms with Crippen molar-refractivity contribution in [1.29, 1.82) is 0 Å². The summed E-state index contributed by atoms with van der Waals surface area (Å²) in [5.74, 6) is -0.861. The Balaban J connectivity index is 4.28. The average molecular weight is 1070 g/mol. The summed E-state index contributed by atoms with van der Waals surface area (Å²) in [4.78, 5) is 38.4. The third-order valence-corrected chi connectivity index (χ3v) is 15.3. The summed E-state index contributed by atoms with van der Waals surface area (Å²) in [7, 11) is 0. The molecule has 0 spiro atoms. The first kappa shape index (κ1) is 73.6. The predicted octanol–water partition coefficient (Wildman–Crippen LogP) is 23.2. The van der Waals surface area contributed by atoms with Gasteiger partial charge in [-0.1, -0.05) is 295 Å². The van der Waals surface area contributed by atoms with Crippen LogP contribution in [0.2, 0.25) is 0 Å². The van der Waals surface area contributed by atoms with Gasteiger partial charge in [-0.15, -0.1) is 0 Å². The van der Waals surface area contributed by atoms with Crippen LogP contribution >= 0.6 is 0 Å². The highest BCUT2D eigenvalue weighted by Gasteiger charge is 2.19. The van der Waals surface area contributed by atoms with Crippen LogP contribution in [0.3, 0.4) is 0 Å². The molecule has 0 heterocycles. The van der Waals surface area contributed by atoms with Crippen molar-refractivity contribution < 1.29 is 28.6 Å². The van der Waals surface area contributed by atoms with Crippen molar-refractivity contribution in [3.05, 3.63) is 36.5 Å². The lowest BCUT2D eigenvalue weighted by atomic mass is 10.0. The first-order chi connectivity index (χ1) is 37.5. The van der Waals surface area contributed by atoms with Crippen LogP contribution < -0.4 is 0 Å². The minimum atomic E-state index is -0.777. The second-order valence-corrected chi connectivity index (χ2v) is 23.1. The van der Waals surface area contributed by atoms with E-state index >= 15 is 0 Å². The summed E-state index contributed by atoms with van der Waals surface area (Å²) in [5, 5.41) is 0. The molecule has 0 aliphatic rings. The standard InChI is InChI=1S/C70H130O6/c1-4-7-10-13-16-19-22-25-28-31-32-33-34-35-36-37-38-40-42-45-48-51-54-57-60-63-69(72)75-66-67(65-74-68(71)62-59-56-53-50-47-44-41-30-27-24-21-18-15-12-9-6-3)76-70(73)64-61-58-55-52-49-46-43-39-29-26-23-20-17-14-11-8-5-2/h26,29-32,41,67H,4-25,27-28,33-40,42-66H2,1-3H3/b29-26-,32-31-,41-30-. The maximum absolute atomic E-state index is 12.9. The molecule has 0 aliphatic carbocycles. The summed E-state index contributed by atoms with van der Waals surface area (Å²) >= 11 is 0. The zero-order valence-corrected chi connectivity index (χ0v) is 51.3. The highest BCUT2D eigenvalue weighted by atomic mass is 16.6. The number of esters is 3. The third kappa shape index (κ3) is 62.5. The normalized spacial score (nSPS) is 12.2. The van der Waals surface area contributed by atoms with Crippen LogP contribution in [0, 0.1) is 0 Å². The lowest BCUT2D eigenvalue weighted by Gasteiger charge is -2.18. The van der Waals surface area contributed by atoms with Crippen LogP contribution in [0.1, 0.15) is 374 Å². The number of carbonyl (C=O) groups excluding carboxylic acids is 3. The Kier molecular flexibility index (Phi) is 63.1. The molecular weight excluding hydrogens is 937 g/mol. The second-order valence-electron chi connectivity index (χ2n) is 23.1. The van der Waals surface area contributed by atoms with Gasteiger partial charge < -0.3 is 14.2 Å². The maximum atomic E-state index is 12.9. The van der Waals surface area contributed by atoms with Gasteiger partial charge in [-0.05, 0) is 96.3 Å². The highest BCUT2D eigenvalue weighted by molar-refractivity contribution is 5.71. The van der Waals surface area contributed by atoms with E-state index in [0.29, 0.717) is 19.3 Å². The summed E-state index contributed by atoms with van der Waals surface area (Å²) in [5.41, 5.74) is 0. The number of allylic oxidation sites excluding steroid dienone is 6. The lowest BCUT2D eigenvalue weighted by Crippen LogP contribution is -2.30. The molecule has 6 heteroatoms. The molecule has 76 heavy (non-hydrogen) atoms. The van der Waals surface area contributed by atoms with Crippen LogP contribution in [0.5, 0.6) is 0 Å². The first-order valence-electron chi connectivity index (χ1n) is 34.0. The van der Waals surface area contributed by atoms with Crippen LogP contribution in [0.15, 0.2) is 36.5 Å². The van der Waals surface area contributed by atoms with Gasteiger partial charge in [0.1, 0.15) is 13.2 Å². The number of ether oxygens (including phenoxy) is 3. The zero-order chi connectivity index (χ0) is 55.0. The van der Waals surface area contributed by atoms with E-state index in [-0.39, 0.29) is 31.1 Å². The molecule has 0 N–H and O–H groups in total. The smallest absolute Gasteiger partial charge is 0.306 e. The number of hydrogen-bond donors (Lipinski definition) is 0. The monoisotopic (exact) mass is 1070 g/mol. The van der Waals surface area contributed by atoms with E-state index in [1.165, 1.54) is 270 Å². The van der Waals surface area contributed by atoms with E-state index in [1.54, 1.807) is 0 Å². The fraction of sp³-hybridized carbons (Fsp3) is 0.871. The number of rotatable bonds is 63.